The minimum Gasteiger partial charge on any atom is -0.443 e. The Hall–Kier alpha value is -1.88. The number of anilines is 1. The Morgan fingerprint density at radius 1 is 1.59 bits per heavy atom. The molecule has 0 spiro atoms. The molecule has 0 bridgehead atoms. The molecule has 0 saturated heterocycles. The topological polar surface area (TPSA) is 81.2 Å². The summed E-state index contributed by atoms with van der Waals surface area (Å²) < 4.78 is 5.17. The van der Waals surface area contributed by atoms with Crippen molar-refractivity contribution in [2.75, 3.05) is 11.9 Å². The number of hydrogen-bond donors (Lipinski definition) is 2. The van der Waals surface area contributed by atoms with Crippen LogP contribution in [-0.2, 0) is 4.79 Å². The smallest absolute Gasteiger partial charge is 0.228 e. The molecule has 0 aliphatic rings. The first-order valence-corrected chi connectivity index (χ1v) is 5.58. The van der Waals surface area contributed by atoms with Crippen molar-refractivity contribution in [3.05, 3.63) is 24.6 Å². The monoisotopic (exact) mass is 233 g/mol. The summed E-state index contributed by atoms with van der Waals surface area (Å²) in [6, 6.07) is 5.35. The van der Waals surface area contributed by atoms with Gasteiger partial charge in [0.1, 0.15) is 5.52 Å². The van der Waals surface area contributed by atoms with Crippen LogP contribution in [0.15, 0.2) is 29.0 Å². The van der Waals surface area contributed by atoms with Gasteiger partial charge >= 0.3 is 0 Å². The molecule has 1 unspecified atom stereocenters. The van der Waals surface area contributed by atoms with Gasteiger partial charge in [0.25, 0.3) is 0 Å². The number of benzene rings is 1. The molecule has 1 aromatic carbocycles. The summed E-state index contributed by atoms with van der Waals surface area (Å²) >= 11 is 0. The Morgan fingerprint density at radius 2 is 2.41 bits per heavy atom. The van der Waals surface area contributed by atoms with E-state index in [2.05, 4.69) is 10.3 Å². The van der Waals surface area contributed by atoms with Gasteiger partial charge in [-0.2, -0.15) is 0 Å². The predicted octanol–water partition coefficient (Wildman–Crippen LogP) is 1.75. The van der Waals surface area contributed by atoms with Gasteiger partial charge in [-0.15, -0.1) is 0 Å². The third-order valence-electron chi connectivity index (χ3n) is 2.75. The summed E-state index contributed by atoms with van der Waals surface area (Å²) in [6.07, 6.45) is 2.11. The van der Waals surface area contributed by atoms with Gasteiger partial charge in [-0.05, 0) is 18.6 Å². The average molecular weight is 233 g/mol. The molecule has 0 saturated carbocycles. The lowest BCUT2D eigenvalue weighted by atomic mass is 10.1. The molecule has 1 heterocycles. The van der Waals surface area contributed by atoms with Crippen LogP contribution in [-0.4, -0.2) is 17.4 Å². The van der Waals surface area contributed by atoms with Crippen LogP contribution in [0.3, 0.4) is 0 Å². The summed E-state index contributed by atoms with van der Waals surface area (Å²) in [5.74, 6) is -0.214. The molecule has 2 aromatic rings. The van der Waals surface area contributed by atoms with Crippen molar-refractivity contribution >= 4 is 22.7 Å². The first kappa shape index (κ1) is 11.6. The highest BCUT2D eigenvalue weighted by Crippen LogP contribution is 2.18. The maximum absolute atomic E-state index is 11.8. The molecule has 0 radical (unpaired) electrons. The minimum absolute atomic E-state index is 0.0612. The van der Waals surface area contributed by atoms with Gasteiger partial charge in [0, 0.05) is 18.3 Å². The molecule has 0 aliphatic carbocycles. The van der Waals surface area contributed by atoms with Crippen LogP contribution in [0.1, 0.15) is 13.3 Å². The quantitative estimate of drug-likeness (QED) is 0.843. The second-order valence-corrected chi connectivity index (χ2v) is 3.86. The Labute approximate surface area is 99.0 Å². The molecule has 0 aliphatic heterocycles. The highest BCUT2D eigenvalue weighted by Gasteiger charge is 2.14. The fourth-order valence-corrected chi connectivity index (χ4v) is 1.64. The highest BCUT2D eigenvalue weighted by atomic mass is 16.3. The molecule has 5 nitrogen and oxygen atoms in total. The van der Waals surface area contributed by atoms with Crippen LogP contribution in [0.2, 0.25) is 0 Å². The molecule has 3 N–H and O–H groups in total. The Balaban J connectivity index is 2.14. The number of amides is 1. The summed E-state index contributed by atoms with van der Waals surface area (Å²) in [4.78, 5) is 15.8. The Kier molecular flexibility index (Phi) is 3.39. The second kappa shape index (κ2) is 4.97. The largest absolute Gasteiger partial charge is 0.443 e. The number of carbonyl (C=O) groups excluding carboxylic acids is 1. The molecule has 0 fully saturated rings. The van der Waals surface area contributed by atoms with Crippen LogP contribution in [0, 0.1) is 5.92 Å². The maximum atomic E-state index is 11.8. The molecular formula is C12H15N3O2. The minimum atomic E-state index is -0.152. The van der Waals surface area contributed by atoms with Gasteiger partial charge < -0.3 is 15.5 Å². The summed E-state index contributed by atoms with van der Waals surface area (Å²) in [5.41, 5.74) is 7.65. The number of nitrogens with two attached hydrogens (primary N) is 1. The predicted molar refractivity (Wildman–Crippen MR) is 65.5 cm³/mol. The summed E-state index contributed by atoms with van der Waals surface area (Å²) in [5, 5.41) is 2.82. The SMILES string of the molecule is CCC(CN)C(=O)Nc1ccc2ncoc2c1. The molecule has 1 aromatic heterocycles. The van der Waals surface area contributed by atoms with E-state index in [-0.39, 0.29) is 11.8 Å². The van der Waals surface area contributed by atoms with Crippen molar-refractivity contribution in [3.8, 4) is 0 Å². The van der Waals surface area contributed by atoms with Crippen molar-refractivity contribution in [2.24, 2.45) is 11.7 Å². The summed E-state index contributed by atoms with van der Waals surface area (Å²) in [7, 11) is 0. The number of nitrogens with zero attached hydrogens (tertiary/aromatic N) is 1. The van der Waals surface area contributed by atoms with Crippen LogP contribution in [0.4, 0.5) is 5.69 Å². The number of carbonyl (C=O) groups is 1. The van der Waals surface area contributed by atoms with Gasteiger partial charge in [0.2, 0.25) is 5.91 Å². The number of hydrogen-bond acceptors (Lipinski definition) is 4. The number of nitrogens with one attached hydrogen (secondary N) is 1. The molecule has 1 amide bonds. The molecule has 17 heavy (non-hydrogen) atoms. The molecular weight excluding hydrogens is 218 g/mol. The summed E-state index contributed by atoms with van der Waals surface area (Å²) in [6.45, 7) is 2.30. The van der Waals surface area contributed by atoms with Crippen LogP contribution in [0.25, 0.3) is 11.1 Å². The van der Waals surface area contributed by atoms with Crippen LogP contribution in [0.5, 0.6) is 0 Å². The third-order valence-corrected chi connectivity index (χ3v) is 2.75. The fraction of sp³-hybridized carbons (Fsp3) is 0.333. The lowest BCUT2D eigenvalue weighted by Crippen LogP contribution is -2.28. The fourth-order valence-electron chi connectivity index (χ4n) is 1.64. The number of fused-ring (bicyclic) bond motifs is 1. The zero-order valence-corrected chi connectivity index (χ0v) is 9.64. The van der Waals surface area contributed by atoms with Crippen molar-refractivity contribution in [3.63, 3.8) is 0 Å². The van der Waals surface area contributed by atoms with E-state index in [0.29, 0.717) is 17.8 Å². The maximum Gasteiger partial charge on any atom is 0.228 e. The van der Waals surface area contributed by atoms with E-state index in [9.17, 15) is 4.79 Å². The lowest BCUT2D eigenvalue weighted by molar-refractivity contribution is -0.119. The van der Waals surface area contributed by atoms with Gasteiger partial charge in [-0.1, -0.05) is 6.92 Å². The van der Waals surface area contributed by atoms with Gasteiger partial charge in [0.05, 0.1) is 5.92 Å². The van der Waals surface area contributed by atoms with Crippen LogP contribution >= 0.6 is 0 Å². The van der Waals surface area contributed by atoms with Crippen LogP contribution < -0.4 is 11.1 Å². The van der Waals surface area contributed by atoms with E-state index in [0.717, 1.165) is 11.9 Å². The van der Waals surface area contributed by atoms with Crippen molar-refractivity contribution < 1.29 is 9.21 Å². The zero-order chi connectivity index (χ0) is 12.3. The molecule has 1 atom stereocenters. The molecule has 2 rings (SSSR count). The first-order valence-electron chi connectivity index (χ1n) is 5.58. The molecule has 5 heteroatoms. The Morgan fingerprint density at radius 3 is 3.12 bits per heavy atom. The van der Waals surface area contributed by atoms with E-state index in [4.69, 9.17) is 10.2 Å². The molecule has 90 valence electrons. The van der Waals surface area contributed by atoms with E-state index in [1.165, 1.54) is 6.39 Å². The highest BCUT2D eigenvalue weighted by molar-refractivity contribution is 5.94. The van der Waals surface area contributed by atoms with E-state index in [1.807, 2.05) is 6.92 Å². The standard InChI is InChI=1S/C12H15N3O2/c1-2-8(6-13)12(16)15-9-3-4-10-11(5-9)17-7-14-10/h3-5,7-8H,2,6,13H2,1H3,(H,15,16). The lowest BCUT2D eigenvalue weighted by Gasteiger charge is -2.12. The number of aromatic nitrogens is 1. The van der Waals surface area contributed by atoms with Gasteiger partial charge in [-0.3, -0.25) is 4.79 Å². The number of oxazole rings is 1. The van der Waals surface area contributed by atoms with E-state index >= 15 is 0 Å². The van der Waals surface area contributed by atoms with Crippen molar-refractivity contribution in [1.82, 2.24) is 4.98 Å². The number of rotatable bonds is 4. The van der Waals surface area contributed by atoms with E-state index in [1.54, 1.807) is 18.2 Å². The van der Waals surface area contributed by atoms with Gasteiger partial charge in [0.15, 0.2) is 12.0 Å². The van der Waals surface area contributed by atoms with Crippen molar-refractivity contribution in [2.45, 2.75) is 13.3 Å². The van der Waals surface area contributed by atoms with Gasteiger partial charge in [-0.25, -0.2) is 4.98 Å². The third kappa shape index (κ3) is 2.45. The average Bonchev–Trinajstić information content (AvgIpc) is 2.77. The van der Waals surface area contributed by atoms with Crippen molar-refractivity contribution in [1.29, 1.82) is 0 Å². The Bertz CT molecular complexity index is 517. The van der Waals surface area contributed by atoms with E-state index < -0.39 is 0 Å². The normalized spacial score (nSPS) is 12.6. The second-order valence-electron chi connectivity index (χ2n) is 3.86. The zero-order valence-electron chi connectivity index (χ0n) is 9.64. The first-order chi connectivity index (χ1) is 8.24.